The Balaban J connectivity index is 2.03. The molecule has 3 atom stereocenters. The van der Waals surface area contributed by atoms with Crippen molar-refractivity contribution in [2.24, 2.45) is 11.7 Å². The van der Waals surface area contributed by atoms with Crippen molar-refractivity contribution in [1.82, 2.24) is 4.90 Å². The number of amides is 1. The van der Waals surface area contributed by atoms with Crippen LogP contribution in [-0.2, 0) is 4.79 Å². The molecule has 16 heavy (non-hydrogen) atoms. The van der Waals surface area contributed by atoms with Crippen molar-refractivity contribution in [1.29, 1.82) is 0 Å². The van der Waals surface area contributed by atoms with E-state index in [0.717, 1.165) is 25.7 Å². The summed E-state index contributed by atoms with van der Waals surface area (Å²) in [5.41, 5.74) is 5.90. The number of carbonyl (C=O) groups excluding carboxylic acids is 1. The van der Waals surface area contributed by atoms with Gasteiger partial charge in [0.05, 0.1) is 11.9 Å². The maximum Gasteiger partial charge on any atom is 0.475 e. The van der Waals surface area contributed by atoms with E-state index in [1.165, 1.54) is 0 Å². The lowest BCUT2D eigenvalue weighted by atomic mass is 9.77. The predicted molar refractivity (Wildman–Crippen MR) is 60.2 cm³/mol. The van der Waals surface area contributed by atoms with Crippen molar-refractivity contribution in [3.63, 3.8) is 0 Å². The SMILES string of the molecule is N[C@H]1CCC[C@@H]1C(=O)N1CCC[C@H]1B(O)O. The van der Waals surface area contributed by atoms with Gasteiger partial charge in [0.25, 0.3) is 0 Å². The van der Waals surface area contributed by atoms with E-state index >= 15 is 0 Å². The topological polar surface area (TPSA) is 86.8 Å². The minimum absolute atomic E-state index is 0.0144. The Kier molecular flexibility index (Phi) is 3.52. The summed E-state index contributed by atoms with van der Waals surface area (Å²) < 4.78 is 0. The fourth-order valence-corrected chi connectivity index (χ4v) is 2.88. The van der Waals surface area contributed by atoms with Crippen molar-refractivity contribution in [2.75, 3.05) is 6.54 Å². The molecule has 2 rings (SSSR count). The van der Waals surface area contributed by atoms with E-state index in [-0.39, 0.29) is 17.9 Å². The third-order valence-corrected chi connectivity index (χ3v) is 3.81. The molecule has 2 aliphatic rings. The van der Waals surface area contributed by atoms with Gasteiger partial charge >= 0.3 is 7.12 Å². The van der Waals surface area contributed by atoms with Crippen LogP contribution in [0.3, 0.4) is 0 Å². The van der Waals surface area contributed by atoms with Crippen molar-refractivity contribution in [3.05, 3.63) is 0 Å². The highest BCUT2D eigenvalue weighted by atomic mass is 16.4. The zero-order valence-electron chi connectivity index (χ0n) is 9.38. The normalized spacial score (nSPS) is 34.4. The summed E-state index contributed by atoms with van der Waals surface area (Å²) in [6.45, 7) is 0.629. The zero-order valence-corrected chi connectivity index (χ0v) is 9.38. The molecule has 1 saturated carbocycles. The van der Waals surface area contributed by atoms with Crippen molar-refractivity contribution in [2.45, 2.75) is 44.1 Å². The van der Waals surface area contributed by atoms with Gasteiger partial charge in [-0.05, 0) is 25.7 Å². The Morgan fingerprint density at radius 2 is 2.00 bits per heavy atom. The second kappa shape index (κ2) is 4.73. The third-order valence-electron chi connectivity index (χ3n) is 3.81. The molecule has 0 radical (unpaired) electrons. The van der Waals surface area contributed by atoms with Gasteiger partial charge in [-0.3, -0.25) is 4.79 Å². The summed E-state index contributed by atoms with van der Waals surface area (Å²) in [5.74, 6) is -0.528. The van der Waals surface area contributed by atoms with Gasteiger partial charge in [-0.1, -0.05) is 6.42 Å². The van der Waals surface area contributed by atoms with Gasteiger partial charge in [0.15, 0.2) is 0 Å². The van der Waals surface area contributed by atoms with Crippen LogP contribution >= 0.6 is 0 Å². The Morgan fingerprint density at radius 3 is 2.56 bits per heavy atom. The summed E-state index contributed by atoms with van der Waals surface area (Å²) in [7, 11) is -1.43. The highest BCUT2D eigenvalue weighted by Gasteiger charge is 2.41. The van der Waals surface area contributed by atoms with Crippen LogP contribution < -0.4 is 5.73 Å². The molecule has 0 bridgehead atoms. The van der Waals surface area contributed by atoms with E-state index in [1.807, 2.05) is 0 Å². The minimum Gasteiger partial charge on any atom is -0.426 e. The quantitative estimate of drug-likeness (QED) is 0.533. The molecule has 0 unspecified atom stereocenters. The first-order chi connectivity index (χ1) is 7.61. The predicted octanol–water partition coefficient (Wildman–Crippen LogP) is -0.883. The summed E-state index contributed by atoms with van der Waals surface area (Å²) in [5, 5.41) is 18.4. The van der Waals surface area contributed by atoms with E-state index in [0.29, 0.717) is 13.0 Å². The van der Waals surface area contributed by atoms with Crippen LogP contribution in [0.15, 0.2) is 0 Å². The Labute approximate surface area is 95.8 Å². The van der Waals surface area contributed by atoms with Gasteiger partial charge in [0.1, 0.15) is 0 Å². The second-order valence-corrected chi connectivity index (χ2v) is 4.86. The molecule has 1 aliphatic heterocycles. The van der Waals surface area contributed by atoms with Crippen LogP contribution in [0.1, 0.15) is 32.1 Å². The lowest BCUT2D eigenvalue weighted by Gasteiger charge is -2.28. The maximum absolute atomic E-state index is 12.2. The maximum atomic E-state index is 12.2. The molecule has 90 valence electrons. The molecule has 1 saturated heterocycles. The van der Waals surface area contributed by atoms with Gasteiger partial charge in [0, 0.05) is 12.6 Å². The molecule has 0 aromatic carbocycles. The number of nitrogens with zero attached hydrogens (tertiary/aromatic N) is 1. The highest BCUT2D eigenvalue weighted by Crippen LogP contribution is 2.29. The van der Waals surface area contributed by atoms with Crippen LogP contribution in [0.4, 0.5) is 0 Å². The van der Waals surface area contributed by atoms with Gasteiger partial charge in [-0.25, -0.2) is 0 Å². The van der Waals surface area contributed by atoms with Crippen molar-refractivity contribution >= 4 is 13.0 Å². The number of likely N-dealkylation sites (tertiary alicyclic amines) is 1. The molecule has 1 heterocycles. The molecule has 0 aromatic heterocycles. The first-order valence-corrected chi connectivity index (χ1v) is 6.03. The van der Waals surface area contributed by atoms with Crippen LogP contribution in [0.2, 0.25) is 0 Å². The molecule has 5 nitrogen and oxygen atoms in total. The average molecular weight is 226 g/mol. The molecule has 2 fully saturated rings. The summed E-state index contributed by atoms with van der Waals surface area (Å²) >= 11 is 0. The monoisotopic (exact) mass is 226 g/mol. The smallest absolute Gasteiger partial charge is 0.426 e. The summed E-state index contributed by atoms with van der Waals surface area (Å²) in [4.78, 5) is 13.8. The number of rotatable bonds is 2. The molecule has 4 N–H and O–H groups in total. The summed E-state index contributed by atoms with van der Waals surface area (Å²) in [6, 6.07) is -0.0513. The molecular formula is C10H19BN2O3. The van der Waals surface area contributed by atoms with Crippen LogP contribution in [0.5, 0.6) is 0 Å². The Morgan fingerprint density at radius 1 is 1.25 bits per heavy atom. The van der Waals surface area contributed by atoms with Crippen LogP contribution in [0.25, 0.3) is 0 Å². The molecule has 6 heteroatoms. The van der Waals surface area contributed by atoms with E-state index in [4.69, 9.17) is 5.73 Å². The van der Waals surface area contributed by atoms with E-state index in [2.05, 4.69) is 0 Å². The number of hydrogen-bond acceptors (Lipinski definition) is 4. The Bertz CT molecular complexity index is 275. The lowest BCUT2D eigenvalue weighted by Crippen LogP contribution is -2.49. The summed E-state index contributed by atoms with van der Waals surface area (Å²) in [6.07, 6.45) is 4.25. The van der Waals surface area contributed by atoms with E-state index in [1.54, 1.807) is 4.90 Å². The fourth-order valence-electron chi connectivity index (χ4n) is 2.88. The molecule has 1 aliphatic carbocycles. The third kappa shape index (κ3) is 2.10. The molecular weight excluding hydrogens is 207 g/mol. The number of nitrogens with two attached hydrogens (primary N) is 1. The van der Waals surface area contributed by atoms with Crippen molar-refractivity contribution in [3.8, 4) is 0 Å². The van der Waals surface area contributed by atoms with Gasteiger partial charge < -0.3 is 20.7 Å². The second-order valence-electron chi connectivity index (χ2n) is 4.86. The zero-order chi connectivity index (χ0) is 11.7. The van der Waals surface area contributed by atoms with Gasteiger partial charge in [0.2, 0.25) is 5.91 Å². The van der Waals surface area contributed by atoms with Crippen molar-refractivity contribution < 1.29 is 14.8 Å². The average Bonchev–Trinajstić information content (AvgIpc) is 2.84. The minimum atomic E-state index is -1.43. The lowest BCUT2D eigenvalue weighted by molar-refractivity contribution is -0.135. The number of carbonyl (C=O) groups is 1. The molecule has 0 spiro atoms. The molecule has 1 amide bonds. The Hall–Kier alpha value is -0.585. The fraction of sp³-hybridized carbons (Fsp3) is 0.900. The molecule has 0 aromatic rings. The van der Waals surface area contributed by atoms with Gasteiger partial charge in [-0.2, -0.15) is 0 Å². The highest BCUT2D eigenvalue weighted by molar-refractivity contribution is 6.43. The van der Waals surface area contributed by atoms with E-state index < -0.39 is 13.1 Å². The van der Waals surface area contributed by atoms with Gasteiger partial charge in [-0.15, -0.1) is 0 Å². The first-order valence-electron chi connectivity index (χ1n) is 6.03. The largest absolute Gasteiger partial charge is 0.475 e. The van der Waals surface area contributed by atoms with Crippen LogP contribution in [0, 0.1) is 5.92 Å². The number of hydrogen-bond donors (Lipinski definition) is 3. The standard InChI is InChI=1S/C10H19BN2O3/c12-8-4-1-3-7(8)10(14)13-6-2-5-9(13)11(15)16/h7-9,15-16H,1-6,12H2/t7-,8-,9-/m0/s1. The van der Waals surface area contributed by atoms with Crippen LogP contribution in [-0.4, -0.2) is 46.5 Å². The first kappa shape index (κ1) is 11.9. The van der Waals surface area contributed by atoms with E-state index in [9.17, 15) is 14.8 Å².